The van der Waals surface area contributed by atoms with Gasteiger partial charge in [0.15, 0.2) is 0 Å². The van der Waals surface area contributed by atoms with Crippen LogP contribution in [0.1, 0.15) is 27.4 Å². The molecule has 2 rings (SSSR count). The molecule has 1 aromatic carbocycles. The Morgan fingerprint density at radius 2 is 2.00 bits per heavy atom. The van der Waals surface area contributed by atoms with Gasteiger partial charge >= 0.3 is 0 Å². The van der Waals surface area contributed by atoms with Gasteiger partial charge in [-0.25, -0.2) is 4.98 Å². The molecule has 104 valence electrons. The Morgan fingerprint density at radius 1 is 1.30 bits per heavy atom. The van der Waals surface area contributed by atoms with E-state index in [2.05, 4.69) is 4.98 Å². The number of nitrogens with two attached hydrogens (primary N) is 2. The van der Waals surface area contributed by atoms with Gasteiger partial charge in [0.2, 0.25) is 5.91 Å². The van der Waals surface area contributed by atoms with Gasteiger partial charge in [0.25, 0.3) is 5.56 Å². The summed E-state index contributed by atoms with van der Waals surface area (Å²) in [7, 11) is 0. The number of aromatic nitrogens is 2. The summed E-state index contributed by atoms with van der Waals surface area (Å²) >= 11 is 0. The summed E-state index contributed by atoms with van der Waals surface area (Å²) in [6.07, 6.45) is 0. The lowest BCUT2D eigenvalue weighted by atomic mass is 10.1. The molecule has 0 saturated heterocycles. The van der Waals surface area contributed by atoms with Crippen molar-refractivity contribution < 1.29 is 4.79 Å². The Morgan fingerprint density at radius 3 is 2.55 bits per heavy atom. The molecular weight excluding hydrogens is 256 g/mol. The first kappa shape index (κ1) is 13.8. The summed E-state index contributed by atoms with van der Waals surface area (Å²) < 4.78 is 1.53. The second kappa shape index (κ2) is 5.16. The number of nitrogen functional groups attached to an aromatic ring is 1. The minimum absolute atomic E-state index is 0.131. The van der Waals surface area contributed by atoms with E-state index in [9.17, 15) is 9.59 Å². The number of primary amides is 1. The van der Waals surface area contributed by atoms with Crippen LogP contribution in [0.25, 0.3) is 0 Å². The standard InChI is InChI=1S/C14H16N4O2/c1-8-5-13(19)18(9(2)17-8)7-11-4-3-10(14(16)20)6-12(11)15/h3-6H,7,15H2,1-2H3,(H2,16,20). The zero-order valence-corrected chi connectivity index (χ0v) is 11.4. The van der Waals surface area contributed by atoms with E-state index in [-0.39, 0.29) is 5.56 Å². The highest BCUT2D eigenvalue weighted by Gasteiger charge is 2.08. The normalized spacial score (nSPS) is 10.5. The molecule has 0 aliphatic heterocycles. The fourth-order valence-electron chi connectivity index (χ4n) is 2.02. The first-order valence-corrected chi connectivity index (χ1v) is 6.12. The van der Waals surface area contributed by atoms with Gasteiger partial charge in [-0.3, -0.25) is 14.2 Å². The first-order valence-electron chi connectivity index (χ1n) is 6.12. The highest BCUT2D eigenvalue weighted by atomic mass is 16.1. The van der Waals surface area contributed by atoms with Crippen molar-refractivity contribution in [2.75, 3.05) is 5.73 Å². The van der Waals surface area contributed by atoms with Gasteiger partial charge in [-0.15, -0.1) is 0 Å². The van der Waals surface area contributed by atoms with Crippen molar-refractivity contribution in [3.05, 3.63) is 57.3 Å². The Kier molecular flexibility index (Phi) is 3.56. The molecule has 0 spiro atoms. The SMILES string of the molecule is Cc1cc(=O)n(Cc2ccc(C(N)=O)cc2N)c(C)n1. The molecule has 0 aliphatic carbocycles. The largest absolute Gasteiger partial charge is 0.398 e. The number of carbonyl (C=O) groups is 1. The van der Waals surface area contributed by atoms with Gasteiger partial charge in [0.1, 0.15) is 5.82 Å². The minimum atomic E-state index is -0.534. The van der Waals surface area contributed by atoms with Crippen LogP contribution in [0.15, 0.2) is 29.1 Å². The summed E-state index contributed by atoms with van der Waals surface area (Å²) in [6.45, 7) is 3.85. The summed E-state index contributed by atoms with van der Waals surface area (Å²) in [5.74, 6) is 0.0852. The highest BCUT2D eigenvalue weighted by Crippen LogP contribution is 2.15. The molecule has 2 aromatic rings. The highest BCUT2D eigenvalue weighted by molar-refractivity contribution is 5.93. The lowest BCUT2D eigenvalue weighted by Crippen LogP contribution is -2.24. The van der Waals surface area contributed by atoms with Crippen LogP contribution in [-0.4, -0.2) is 15.5 Å². The van der Waals surface area contributed by atoms with Crippen molar-refractivity contribution in [1.29, 1.82) is 0 Å². The topological polar surface area (TPSA) is 104 Å². The second-order valence-electron chi connectivity index (χ2n) is 4.65. The maximum atomic E-state index is 12.0. The molecule has 0 bridgehead atoms. The van der Waals surface area contributed by atoms with Gasteiger partial charge < -0.3 is 11.5 Å². The molecule has 6 nitrogen and oxygen atoms in total. The monoisotopic (exact) mass is 272 g/mol. The summed E-state index contributed by atoms with van der Waals surface area (Å²) in [4.78, 5) is 27.3. The number of nitrogens with zero attached hydrogens (tertiary/aromatic N) is 2. The molecule has 1 aromatic heterocycles. The zero-order chi connectivity index (χ0) is 14.9. The molecular formula is C14H16N4O2. The van der Waals surface area contributed by atoms with Crippen molar-refractivity contribution in [2.24, 2.45) is 5.73 Å². The van der Waals surface area contributed by atoms with E-state index in [0.29, 0.717) is 29.3 Å². The molecule has 0 radical (unpaired) electrons. The Bertz CT molecular complexity index is 734. The molecule has 0 saturated carbocycles. The number of hydrogen-bond donors (Lipinski definition) is 2. The average Bonchev–Trinajstić information content (AvgIpc) is 2.34. The Balaban J connectivity index is 2.41. The van der Waals surface area contributed by atoms with E-state index >= 15 is 0 Å². The molecule has 0 fully saturated rings. The maximum absolute atomic E-state index is 12.0. The van der Waals surface area contributed by atoms with Crippen molar-refractivity contribution in [3.63, 3.8) is 0 Å². The van der Waals surface area contributed by atoms with Gasteiger partial charge in [-0.2, -0.15) is 0 Å². The molecule has 0 unspecified atom stereocenters. The van der Waals surface area contributed by atoms with Crippen LogP contribution < -0.4 is 17.0 Å². The number of aryl methyl sites for hydroxylation is 2. The van der Waals surface area contributed by atoms with Crippen LogP contribution in [0, 0.1) is 13.8 Å². The van der Waals surface area contributed by atoms with Gasteiger partial charge in [-0.05, 0) is 31.5 Å². The Labute approximate surface area is 116 Å². The molecule has 20 heavy (non-hydrogen) atoms. The van der Waals surface area contributed by atoms with E-state index in [1.807, 2.05) is 0 Å². The zero-order valence-electron chi connectivity index (χ0n) is 11.4. The summed E-state index contributed by atoms with van der Waals surface area (Å²) in [5.41, 5.74) is 13.1. The van der Waals surface area contributed by atoms with E-state index in [4.69, 9.17) is 11.5 Å². The van der Waals surface area contributed by atoms with Crippen LogP contribution in [0.4, 0.5) is 5.69 Å². The number of benzene rings is 1. The van der Waals surface area contributed by atoms with E-state index in [0.717, 1.165) is 5.56 Å². The number of carbonyl (C=O) groups excluding carboxylic acids is 1. The quantitative estimate of drug-likeness (QED) is 0.798. The molecule has 1 heterocycles. The van der Waals surface area contributed by atoms with Crippen molar-refractivity contribution >= 4 is 11.6 Å². The van der Waals surface area contributed by atoms with Crippen LogP contribution in [0.2, 0.25) is 0 Å². The fraction of sp³-hybridized carbons (Fsp3) is 0.214. The van der Waals surface area contributed by atoms with Crippen LogP contribution in [-0.2, 0) is 6.54 Å². The predicted molar refractivity (Wildman–Crippen MR) is 76.4 cm³/mol. The van der Waals surface area contributed by atoms with Crippen molar-refractivity contribution in [2.45, 2.75) is 20.4 Å². The maximum Gasteiger partial charge on any atom is 0.254 e. The predicted octanol–water partition coefficient (Wildman–Crippen LogP) is 0.590. The average molecular weight is 272 g/mol. The number of amides is 1. The fourth-order valence-corrected chi connectivity index (χ4v) is 2.02. The summed E-state index contributed by atoms with van der Waals surface area (Å²) in [5, 5.41) is 0. The number of hydrogen-bond acceptors (Lipinski definition) is 4. The van der Waals surface area contributed by atoms with Gasteiger partial charge in [-0.1, -0.05) is 6.07 Å². The number of anilines is 1. The van der Waals surface area contributed by atoms with Crippen LogP contribution in [0.5, 0.6) is 0 Å². The van der Waals surface area contributed by atoms with Gasteiger partial charge in [0.05, 0.1) is 6.54 Å². The molecule has 6 heteroatoms. The third kappa shape index (κ3) is 2.69. The summed E-state index contributed by atoms with van der Waals surface area (Å²) in [6, 6.07) is 6.28. The van der Waals surface area contributed by atoms with Crippen LogP contribution in [0.3, 0.4) is 0 Å². The number of rotatable bonds is 3. The molecule has 1 amide bonds. The molecule has 0 atom stereocenters. The third-order valence-corrected chi connectivity index (χ3v) is 3.09. The van der Waals surface area contributed by atoms with Gasteiger partial charge in [0, 0.05) is 23.0 Å². The molecule has 4 N–H and O–H groups in total. The second-order valence-corrected chi connectivity index (χ2v) is 4.65. The Hall–Kier alpha value is -2.63. The lowest BCUT2D eigenvalue weighted by Gasteiger charge is -2.12. The van der Waals surface area contributed by atoms with E-state index in [1.54, 1.807) is 26.0 Å². The van der Waals surface area contributed by atoms with Crippen molar-refractivity contribution in [3.8, 4) is 0 Å². The molecule has 0 aliphatic rings. The van der Waals surface area contributed by atoms with E-state index in [1.165, 1.54) is 16.7 Å². The lowest BCUT2D eigenvalue weighted by molar-refractivity contribution is 0.100. The minimum Gasteiger partial charge on any atom is -0.398 e. The van der Waals surface area contributed by atoms with Crippen molar-refractivity contribution in [1.82, 2.24) is 9.55 Å². The third-order valence-electron chi connectivity index (χ3n) is 3.09. The first-order chi connectivity index (χ1) is 9.38. The van der Waals surface area contributed by atoms with Crippen LogP contribution >= 0.6 is 0 Å². The van der Waals surface area contributed by atoms with E-state index < -0.39 is 5.91 Å². The smallest absolute Gasteiger partial charge is 0.254 e.